The largest absolute Gasteiger partial charge is 0.320 e. The molecule has 0 aliphatic rings. The smallest absolute Gasteiger partial charge is 0.123 e. The zero-order chi connectivity index (χ0) is 14.0. The summed E-state index contributed by atoms with van der Waals surface area (Å²) in [4.78, 5) is 0. The molecule has 0 amide bonds. The molecule has 1 nitrogen and oxygen atoms in total. The maximum Gasteiger partial charge on any atom is 0.123 e. The maximum absolute atomic E-state index is 13.4. The molecule has 0 spiro atoms. The van der Waals surface area contributed by atoms with Gasteiger partial charge in [-0.3, -0.25) is 0 Å². The molecule has 1 atom stereocenters. The first-order valence-electron chi connectivity index (χ1n) is 6.64. The summed E-state index contributed by atoms with van der Waals surface area (Å²) in [5.74, 6) is -0.199. The molecule has 0 heterocycles. The van der Waals surface area contributed by atoms with Crippen LogP contribution in [0, 0.1) is 19.7 Å². The summed E-state index contributed by atoms with van der Waals surface area (Å²) >= 11 is 0. The minimum Gasteiger partial charge on any atom is -0.320 e. The van der Waals surface area contributed by atoms with Gasteiger partial charge in [0.1, 0.15) is 5.82 Å². The Bertz CT molecular complexity index is 567. The molecular formula is C17H20FN. The molecular weight excluding hydrogens is 237 g/mol. The van der Waals surface area contributed by atoms with E-state index in [4.69, 9.17) is 5.73 Å². The molecule has 2 rings (SSSR count). The van der Waals surface area contributed by atoms with E-state index < -0.39 is 0 Å². The molecule has 0 saturated heterocycles. The molecule has 1 unspecified atom stereocenters. The number of aryl methyl sites for hydroxylation is 3. The van der Waals surface area contributed by atoms with Gasteiger partial charge in [-0.05, 0) is 60.2 Å². The maximum atomic E-state index is 13.4. The summed E-state index contributed by atoms with van der Waals surface area (Å²) in [6, 6.07) is 11.1. The zero-order valence-corrected chi connectivity index (χ0v) is 11.7. The van der Waals surface area contributed by atoms with Crippen molar-refractivity contribution in [2.24, 2.45) is 5.73 Å². The Morgan fingerprint density at radius 2 is 1.68 bits per heavy atom. The third-order valence-electron chi connectivity index (χ3n) is 3.64. The van der Waals surface area contributed by atoms with Gasteiger partial charge in [-0.15, -0.1) is 0 Å². The van der Waals surface area contributed by atoms with E-state index in [1.54, 1.807) is 12.1 Å². The summed E-state index contributed by atoms with van der Waals surface area (Å²) < 4.78 is 13.4. The zero-order valence-electron chi connectivity index (χ0n) is 11.7. The molecule has 0 aliphatic carbocycles. The van der Waals surface area contributed by atoms with Crippen molar-refractivity contribution < 1.29 is 4.39 Å². The van der Waals surface area contributed by atoms with Gasteiger partial charge in [-0.1, -0.05) is 31.2 Å². The van der Waals surface area contributed by atoms with Gasteiger partial charge in [0.05, 0.1) is 6.04 Å². The molecule has 0 bridgehead atoms. The highest BCUT2D eigenvalue weighted by molar-refractivity contribution is 5.44. The van der Waals surface area contributed by atoms with Crippen molar-refractivity contribution in [1.29, 1.82) is 0 Å². The normalized spacial score (nSPS) is 12.5. The third kappa shape index (κ3) is 2.69. The number of hydrogen-bond donors (Lipinski definition) is 1. The summed E-state index contributed by atoms with van der Waals surface area (Å²) in [6.07, 6.45) is 0.948. The summed E-state index contributed by atoms with van der Waals surface area (Å²) in [5.41, 5.74) is 11.7. The predicted molar refractivity (Wildman–Crippen MR) is 77.7 cm³/mol. The molecule has 2 N–H and O–H groups in total. The number of rotatable bonds is 3. The van der Waals surface area contributed by atoms with Crippen molar-refractivity contribution in [1.82, 2.24) is 0 Å². The molecule has 19 heavy (non-hydrogen) atoms. The van der Waals surface area contributed by atoms with Crippen LogP contribution in [0.5, 0.6) is 0 Å². The van der Waals surface area contributed by atoms with Crippen LogP contribution < -0.4 is 5.73 Å². The van der Waals surface area contributed by atoms with Gasteiger partial charge in [0.2, 0.25) is 0 Å². The van der Waals surface area contributed by atoms with E-state index in [-0.39, 0.29) is 11.9 Å². The summed E-state index contributed by atoms with van der Waals surface area (Å²) in [7, 11) is 0. The molecule has 2 aromatic carbocycles. The second-order valence-electron chi connectivity index (χ2n) is 4.98. The monoisotopic (exact) mass is 257 g/mol. The molecule has 0 aliphatic heterocycles. The van der Waals surface area contributed by atoms with Crippen molar-refractivity contribution in [3.8, 4) is 0 Å². The Kier molecular flexibility index (Phi) is 4.01. The van der Waals surface area contributed by atoms with E-state index >= 15 is 0 Å². The van der Waals surface area contributed by atoms with Crippen LogP contribution in [0.3, 0.4) is 0 Å². The van der Waals surface area contributed by atoms with Crippen LogP contribution in [0.25, 0.3) is 0 Å². The van der Waals surface area contributed by atoms with Crippen LogP contribution in [-0.4, -0.2) is 0 Å². The second-order valence-corrected chi connectivity index (χ2v) is 4.98. The van der Waals surface area contributed by atoms with Crippen molar-refractivity contribution in [2.75, 3.05) is 0 Å². The molecule has 0 aromatic heterocycles. The lowest BCUT2D eigenvalue weighted by molar-refractivity contribution is 0.623. The van der Waals surface area contributed by atoms with Gasteiger partial charge < -0.3 is 5.73 Å². The van der Waals surface area contributed by atoms with Crippen molar-refractivity contribution in [3.05, 3.63) is 70.0 Å². The summed E-state index contributed by atoms with van der Waals surface area (Å²) in [5, 5.41) is 0. The van der Waals surface area contributed by atoms with E-state index in [0.717, 1.165) is 28.7 Å². The Morgan fingerprint density at radius 1 is 1.11 bits per heavy atom. The SMILES string of the molecule is CCc1ccccc1C(N)c1c(C)cc(F)cc1C. The van der Waals surface area contributed by atoms with Gasteiger partial charge in [-0.2, -0.15) is 0 Å². The fourth-order valence-electron chi connectivity index (χ4n) is 2.73. The number of hydrogen-bond acceptors (Lipinski definition) is 1. The van der Waals surface area contributed by atoms with Gasteiger partial charge in [0, 0.05) is 0 Å². The standard InChI is InChI=1S/C17H20FN/c1-4-13-7-5-6-8-15(13)17(19)16-11(2)9-14(18)10-12(16)3/h5-10,17H,4,19H2,1-3H3. The molecule has 2 aromatic rings. The highest BCUT2D eigenvalue weighted by Crippen LogP contribution is 2.28. The first kappa shape index (κ1) is 13.8. The minimum absolute atomic E-state index is 0.197. The number of nitrogens with two attached hydrogens (primary N) is 1. The first-order chi connectivity index (χ1) is 9.04. The van der Waals surface area contributed by atoms with E-state index in [0.29, 0.717) is 0 Å². The molecule has 0 saturated carbocycles. The lowest BCUT2D eigenvalue weighted by Gasteiger charge is -2.20. The van der Waals surface area contributed by atoms with Gasteiger partial charge >= 0.3 is 0 Å². The fraction of sp³-hybridized carbons (Fsp3) is 0.294. The Hall–Kier alpha value is -1.67. The Labute approximate surface area is 114 Å². The highest BCUT2D eigenvalue weighted by Gasteiger charge is 2.17. The number of halogens is 1. The Morgan fingerprint density at radius 3 is 2.26 bits per heavy atom. The highest BCUT2D eigenvalue weighted by atomic mass is 19.1. The van der Waals surface area contributed by atoms with E-state index in [2.05, 4.69) is 19.1 Å². The second kappa shape index (κ2) is 5.54. The van der Waals surface area contributed by atoms with Crippen LogP contribution in [-0.2, 0) is 6.42 Å². The van der Waals surface area contributed by atoms with E-state index in [1.807, 2.05) is 26.0 Å². The van der Waals surface area contributed by atoms with Crippen LogP contribution in [0.4, 0.5) is 4.39 Å². The van der Waals surface area contributed by atoms with Gasteiger partial charge in [0.15, 0.2) is 0 Å². The van der Waals surface area contributed by atoms with Crippen LogP contribution in [0.1, 0.15) is 40.8 Å². The lowest BCUT2D eigenvalue weighted by Crippen LogP contribution is -2.16. The van der Waals surface area contributed by atoms with Crippen molar-refractivity contribution in [3.63, 3.8) is 0 Å². The predicted octanol–water partition coefficient (Wildman–Crippen LogP) is 4.05. The Balaban J connectivity index is 2.53. The first-order valence-corrected chi connectivity index (χ1v) is 6.64. The number of benzene rings is 2. The minimum atomic E-state index is -0.199. The quantitative estimate of drug-likeness (QED) is 0.882. The topological polar surface area (TPSA) is 26.0 Å². The van der Waals surface area contributed by atoms with E-state index in [1.165, 1.54) is 5.56 Å². The van der Waals surface area contributed by atoms with Crippen LogP contribution in [0.15, 0.2) is 36.4 Å². The lowest BCUT2D eigenvalue weighted by atomic mass is 9.89. The fourth-order valence-corrected chi connectivity index (χ4v) is 2.73. The average molecular weight is 257 g/mol. The van der Waals surface area contributed by atoms with Crippen molar-refractivity contribution >= 4 is 0 Å². The third-order valence-corrected chi connectivity index (χ3v) is 3.64. The molecule has 0 radical (unpaired) electrons. The van der Waals surface area contributed by atoms with E-state index in [9.17, 15) is 4.39 Å². The van der Waals surface area contributed by atoms with Gasteiger partial charge in [-0.25, -0.2) is 4.39 Å². The van der Waals surface area contributed by atoms with Crippen LogP contribution >= 0.6 is 0 Å². The van der Waals surface area contributed by atoms with Gasteiger partial charge in [0.25, 0.3) is 0 Å². The van der Waals surface area contributed by atoms with Crippen LogP contribution in [0.2, 0.25) is 0 Å². The molecule has 2 heteroatoms. The average Bonchev–Trinajstić information content (AvgIpc) is 2.37. The molecule has 0 fully saturated rings. The molecule has 100 valence electrons. The van der Waals surface area contributed by atoms with Crippen molar-refractivity contribution in [2.45, 2.75) is 33.2 Å². The summed E-state index contributed by atoms with van der Waals surface area (Å²) in [6.45, 7) is 5.95.